The molecule has 0 aliphatic carbocycles. The van der Waals surface area contributed by atoms with Gasteiger partial charge in [0.2, 0.25) is 10.0 Å². The Hall–Kier alpha value is -1.11. The highest BCUT2D eigenvalue weighted by atomic mass is 35.5. The van der Waals surface area contributed by atoms with Crippen LogP contribution in [0.1, 0.15) is 16.7 Å². The summed E-state index contributed by atoms with van der Waals surface area (Å²) >= 11 is 12.2. The van der Waals surface area contributed by atoms with Gasteiger partial charge in [-0.25, -0.2) is 8.42 Å². The third-order valence-electron chi connectivity index (χ3n) is 4.70. The van der Waals surface area contributed by atoms with E-state index in [1.165, 1.54) is 0 Å². The Morgan fingerprint density at radius 3 is 2.31 bits per heavy atom. The van der Waals surface area contributed by atoms with Crippen molar-refractivity contribution in [1.29, 1.82) is 0 Å². The lowest BCUT2D eigenvalue weighted by atomic mass is 10.2. The van der Waals surface area contributed by atoms with Gasteiger partial charge in [-0.1, -0.05) is 41.4 Å². The molecular formula is C19H22Cl2N2O2S. The zero-order valence-corrected chi connectivity index (χ0v) is 17.2. The van der Waals surface area contributed by atoms with E-state index < -0.39 is 10.0 Å². The molecular weight excluding hydrogens is 391 g/mol. The normalized spacial score (nSPS) is 16.8. The molecule has 3 rings (SSSR count). The lowest BCUT2D eigenvalue weighted by Gasteiger charge is -2.34. The molecule has 140 valence electrons. The van der Waals surface area contributed by atoms with Gasteiger partial charge in [0.05, 0.1) is 4.90 Å². The molecule has 0 aromatic heterocycles. The average molecular weight is 413 g/mol. The van der Waals surface area contributed by atoms with Crippen LogP contribution in [0.3, 0.4) is 0 Å². The Morgan fingerprint density at radius 2 is 1.65 bits per heavy atom. The number of benzene rings is 2. The van der Waals surface area contributed by atoms with Crippen molar-refractivity contribution >= 4 is 33.2 Å². The number of hydrogen-bond acceptors (Lipinski definition) is 3. The first kappa shape index (κ1) is 19.6. The van der Waals surface area contributed by atoms with E-state index in [1.54, 1.807) is 16.4 Å². The van der Waals surface area contributed by atoms with Gasteiger partial charge in [-0.15, -0.1) is 0 Å². The summed E-state index contributed by atoms with van der Waals surface area (Å²) < 4.78 is 27.6. The summed E-state index contributed by atoms with van der Waals surface area (Å²) in [5.41, 5.74) is 2.73. The van der Waals surface area contributed by atoms with Crippen molar-refractivity contribution in [3.63, 3.8) is 0 Å². The molecule has 0 unspecified atom stereocenters. The number of sulfonamides is 1. The van der Waals surface area contributed by atoms with Gasteiger partial charge in [0, 0.05) is 42.8 Å². The smallest absolute Gasteiger partial charge is 0.243 e. The molecule has 0 atom stereocenters. The molecule has 2 aromatic rings. The average Bonchev–Trinajstić information content (AvgIpc) is 2.60. The molecule has 0 spiro atoms. The zero-order valence-electron chi connectivity index (χ0n) is 14.9. The highest BCUT2D eigenvalue weighted by molar-refractivity contribution is 7.89. The molecule has 1 fully saturated rings. The lowest BCUT2D eigenvalue weighted by molar-refractivity contribution is 0.181. The molecule has 1 aliphatic rings. The van der Waals surface area contributed by atoms with E-state index in [4.69, 9.17) is 23.2 Å². The Bertz CT molecular complexity index is 908. The van der Waals surface area contributed by atoms with Crippen LogP contribution in [-0.2, 0) is 16.6 Å². The first-order chi connectivity index (χ1) is 12.3. The molecule has 1 aliphatic heterocycles. The van der Waals surface area contributed by atoms with Gasteiger partial charge < -0.3 is 0 Å². The summed E-state index contributed by atoms with van der Waals surface area (Å²) in [6, 6.07) is 11.0. The quantitative estimate of drug-likeness (QED) is 0.757. The predicted molar refractivity (Wildman–Crippen MR) is 106 cm³/mol. The van der Waals surface area contributed by atoms with Crippen LogP contribution in [0.5, 0.6) is 0 Å². The van der Waals surface area contributed by atoms with Crippen molar-refractivity contribution in [3.05, 3.63) is 63.1 Å². The number of halogens is 2. The number of piperazine rings is 1. The van der Waals surface area contributed by atoms with Gasteiger partial charge in [0.15, 0.2) is 0 Å². The third-order valence-corrected chi connectivity index (χ3v) is 7.33. The Morgan fingerprint density at radius 1 is 0.962 bits per heavy atom. The minimum atomic E-state index is -3.46. The van der Waals surface area contributed by atoms with E-state index in [2.05, 4.69) is 4.90 Å². The summed E-state index contributed by atoms with van der Waals surface area (Å²) in [5.74, 6) is 0. The van der Waals surface area contributed by atoms with Crippen LogP contribution >= 0.6 is 23.2 Å². The second-order valence-electron chi connectivity index (χ2n) is 6.68. The molecule has 0 N–H and O–H groups in total. The van der Waals surface area contributed by atoms with E-state index in [0.29, 0.717) is 47.7 Å². The van der Waals surface area contributed by atoms with Crippen LogP contribution in [0.15, 0.2) is 41.3 Å². The van der Waals surface area contributed by atoms with Crippen LogP contribution in [0.2, 0.25) is 10.0 Å². The maximum atomic E-state index is 13.0. The maximum Gasteiger partial charge on any atom is 0.243 e. The monoisotopic (exact) mass is 412 g/mol. The van der Waals surface area contributed by atoms with Crippen LogP contribution in [0.4, 0.5) is 0 Å². The summed E-state index contributed by atoms with van der Waals surface area (Å²) in [5, 5.41) is 1.26. The Labute approximate surface area is 165 Å². The standard InChI is InChI=1S/C19H22Cl2N2O2S/c1-14-3-4-15(2)19(11-14)26(24,25)23-9-7-22(8-10-23)13-16-5-6-17(20)12-18(16)21/h3-6,11-12H,7-10,13H2,1-2H3. The predicted octanol–water partition coefficient (Wildman–Crippen LogP) is 4.12. The Kier molecular flexibility index (Phi) is 5.94. The van der Waals surface area contributed by atoms with Gasteiger partial charge in [-0.2, -0.15) is 4.31 Å². The molecule has 26 heavy (non-hydrogen) atoms. The number of aryl methyl sites for hydroxylation is 2. The fourth-order valence-electron chi connectivity index (χ4n) is 3.14. The molecule has 1 saturated heterocycles. The highest BCUT2D eigenvalue weighted by Crippen LogP contribution is 2.25. The fourth-order valence-corrected chi connectivity index (χ4v) is 5.34. The van der Waals surface area contributed by atoms with Gasteiger partial charge in [0.25, 0.3) is 0 Å². The topological polar surface area (TPSA) is 40.6 Å². The molecule has 1 heterocycles. The van der Waals surface area contributed by atoms with Crippen molar-refractivity contribution in [1.82, 2.24) is 9.21 Å². The highest BCUT2D eigenvalue weighted by Gasteiger charge is 2.29. The van der Waals surface area contributed by atoms with Crippen LogP contribution in [0.25, 0.3) is 0 Å². The minimum Gasteiger partial charge on any atom is -0.296 e. The second-order valence-corrected chi connectivity index (χ2v) is 9.43. The molecule has 0 bridgehead atoms. The van der Waals surface area contributed by atoms with Crippen LogP contribution < -0.4 is 0 Å². The first-order valence-corrected chi connectivity index (χ1v) is 10.7. The van der Waals surface area contributed by atoms with Crippen molar-refractivity contribution in [2.24, 2.45) is 0 Å². The number of rotatable bonds is 4. The van der Waals surface area contributed by atoms with E-state index in [-0.39, 0.29) is 0 Å². The molecule has 7 heteroatoms. The van der Waals surface area contributed by atoms with E-state index in [9.17, 15) is 8.42 Å². The minimum absolute atomic E-state index is 0.409. The van der Waals surface area contributed by atoms with E-state index in [0.717, 1.165) is 16.7 Å². The number of nitrogens with zero attached hydrogens (tertiary/aromatic N) is 2. The van der Waals surface area contributed by atoms with Gasteiger partial charge in [-0.3, -0.25) is 4.90 Å². The summed E-state index contributed by atoms with van der Waals surface area (Å²) in [6.07, 6.45) is 0. The molecule has 4 nitrogen and oxygen atoms in total. The molecule has 0 saturated carbocycles. The first-order valence-electron chi connectivity index (χ1n) is 8.51. The van der Waals surface area contributed by atoms with Crippen molar-refractivity contribution < 1.29 is 8.42 Å². The van der Waals surface area contributed by atoms with Gasteiger partial charge in [0.1, 0.15) is 0 Å². The van der Waals surface area contributed by atoms with E-state index in [1.807, 2.05) is 38.1 Å². The van der Waals surface area contributed by atoms with E-state index >= 15 is 0 Å². The maximum absolute atomic E-state index is 13.0. The van der Waals surface area contributed by atoms with Gasteiger partial charge >= 0.3 is 0 Å². The van der Waals surface area contributed by atoms with Crippen molar-refractivity contribution in [2.45, 2.75) is 25.3 Å². The third kappa shape index (κ3) is 4.24. The van der Waals surface area contributed by atoms with Gasteiger partial charge in [-0.05, 0) is 48.7 Å². The second kappa shape index (κ2) is 7.87. The summed E-state index contributed by atoms with van der Waals surface area (Å²) in [4.78, 5) is 2.62. The largest absolute Gasteiger partial charge is 0.296 e. The van der Waals surface area contributed by atoms with Crippen LogP contribution in [0, 0.1) is 13.8 Å². The van der Waals surface area contributed by atoms with Crippen LogP contribution in [-0.4, -0.2) is 43.8 Å². The van der Waals surface area contributed by atoms with Crippen molar-refractivity contribution in [3.8, 4) is 0 Å². The SMILES string of the molecule is Cc1ccc(C)c(S(=O)(=O)N2CCN(Cc3ccc(Cl)cc3Cl)CC2)c1. The lowest BCUT2D eigenvalue weighted by Crippen LogP contribution is -2.48. The fraction of sp³-hybridized carbons (Fsp3) is 0.368. The Balaban J connectivity index is 1.69. The molecule has 0 radical (unpaired) electrons. The van der Waals surface area contributed by atoms with Crippen molar-refractivity contribution in [2.75, 3.05) is 26.2 Å². The number of hydrogen-bond donors (Lipinski definition) is 0. The summed E-state index contributed by atoms with van der Waals surface area (Å²) in [7, 11) is -3.46. The zero-order chi connectivity index (χ0) is 18.9. The molecule has 0 amide bonds. The molecule has 2 aromatic carbocycles. The summed E-state index contributed by atoms with van der Waals surface area (Å²) in [6.45, 7) is 6.72.